The zero-order valence-electron chi connectivity index (χ0n) is 12.3. The number of anilines is 1. The van der Waals surface area contributed by atoms with Gasteiger partial charge in [-0.1, -0.05) is 12.1 Å². The second kappa shape index (κ2) is 8.04. The highest BCUT2D eigenvalue weighted by Gasteiger charge is 2.15. The van der Waals surface area contributed by atoms with E-state index in [1.165, 1.54) is 11.8 Å². The molecule has 6 heteroatoms. The van der Waals surface area contributed by atoms with Gasteiger partial charge in [0.15, 0.2) is 0 Å². The fourth-order valence-electron chi connectivity index (χ4n) is 1.83. The third-order valence-electron chi connectivity index (χ3n) is 3.09. The first-order valence-electron chi connectivity index (χ1n) is 6.76. The van der Waals surface area contributed by atoms with Crippen LogP contribution in [-0.4, -0.2) is 36.5 Å². The predicted molar refractivity (Wildman–Crippen MR) is 79.3 cm³/mol. The van der Waals surface area contributed by atoms with Crippen LogP contribution in [0.25, 0.3) is 0 Å². The van der Waals surface area contributed by atoms with Crippen LogP contribution in [0.15, 0.2) is 24.3 Å². The Kier molecular flexibility index (Phi) is 6.39. The number of carboxylic acids is 1. The van der Waals surface area contributed by atoms with Crippen LogP contribution in [-0.2, 0) is 9.59 Å². The van der Waals surface area contributed by atoms with E-state index in [9.17, 15) is 14.4 Å². The van der Waals surface area contributed by atoms with Crippen molar-refractivity contribution < 1.29 is 19.5 Å². The molecule has 21 heavy (non-hydrogen) atoms. The average molecular weight is 292 g/mol. The van der Waals surface area contributed by atoms with Crippen molar-refractivity contribution in [1.29, 1.82) is 0 Å². The van der Waals surface area contributed by atoms with Crippen LogP contribution in [0.3, 0.4) is 0 Å². The molecule has 1 aromatic carbocycles. The van der Waals surface area contributed by atoms with E-state index in [0.29, 0.717) is 30.6 Å². The number of rotatable bonds is 7. The lowest BCUT2D eigenvalue weighted by Crippen LogP contribution is -2.29. The highest BCUT2D eigenvalue weighted by Crippen LogP contribution is 2.19. The van der Waals surface area contributed by atoms with Crippen LogP contribution < -0.4 is 10.2 Å². The Morgan fingerprint density at radius 2 is 1.86 bits per heavy atom. The lowest BCUT2D eigenvalue weighted by Gasteiger charge is -2.18. The van der Waals surface area contributed by atoms with Crippen molar-refractivity contribution in [3.05, 3.63) is 29.8 Å². The summed E-state index contributed by atoms with van der Waals surface area (Å²) < 4.78 is 0. The van der Waals surface area contributed by atoms with Gasteiger partial charge in [-0.25, -0.2) is 0 Å². The van der Waals surface area contributed by atoms with Crippen molar-refractivity contribution in [2.24, 2.45) is 0 Å². The van der Waals surface area contributed by atoms with Gasteiger partial charge in [0.2, 0.25) is 5.91 Å². The maximum absolute atomic E-state index is 12.1. The first-order chi connectivity index (χ1) is 9.93. The lowest BCUT2D eigenvalue weighted by atomic mass is 10.1. The van der Waals surface area contributed by atoms with Gasteiger partial charge in [-0.15, -0.1) is 0 Å². The number of hydrogen-bond donors (Lipinski definition) is 2. The third kappa shape index (κ3) is 5.25. The molecule has 0 aliphatic heterocycles. The van der Waals surface area contributed by atoms with Crippen molar-refractivity contribution in [3.8, 4) is 0 Å². The number of nitrogens with zero attached hydrogens (tertiary/aromatic N) is 1. The monoisotopic (exact) mass is 292 g/mol. The van der Waals surface area contributed by atoms with E-state index in [1.54, 1.807) is 31.3 Å². The molecule has 0 saturated heterocycles. The van der Waals surface area contributed by atoms with Crippen LogP contribution in [0.4, 0.5) is 5.69 Å². The summed E-state index contributed by atoms with van der Waals surface area (Å²) in [6.45, 7) is 1.84. The quantitative estimate of drug-likeness (QED) is 0.748. The number of para-hydroxylation sites is 1. The number of amides is 2. The summed E-state index contributed by atoms with van der Waals surface area (Å²) in [5.41, 5.74) is 0.974. The minimum absolute atomic E-state index is 0.0968. The molecular weight excluding hydrogens is 272 g/mol. The highest BCUT2D eigenvalue weighted by molar-refractivity contribution is 6.04. The van der Waals surface area contributed by atoms with Gasteiger partial charge in [-0.2, -0.15) is 0 Å². The number of hydrogen-bond acceptors (Lipinski definition) is 3. The number of aliphatic carboxylic acids is 1. The Morgan fingerprint density at radius 3 is 2.48 bits per heavy atom. The normalized spacial score (nSPS) is 10.0. The summed E-state index contributed by atoms with van der Waals surface area (Å²) >= 11 is 0. The zero-order valence-corrected chi connectivity index (χ0v) is 12.3. The molecule has 0 aromatic heterocycles. The van der Waals surface area contributed by atoms with Gasteiger partial charge >= 0.3 is 5.97 Å². The molecule has 6 nitrogen and oxygen atoms in total. The zero-order chi connectivity index (χ0) is 15.8. The van der Waals surface area contributed by atoms with Crippen molar-refractivity contribution in [2.75, 3.05) is 18.5 Å². The van der Waals surface area contributed by atoms with E-state index in [1.807, 2.05) is 0 Å². The van der Waals surface area contributed by atoms with E-state index in [2.05, 4.69) is 5.32 Å². The van der Waals surface area contributed by atoms with Gasteiger partial charge in [0.25, 0.3) is 5.91 Å². The predicted octanol–water partition coefficient (Wildman–Crippen LogP) is 1.65. The molecule has 1 aromatic rings. The minimum Gasteiger partial charge on any atom is -0.481 e. The molecule has 0 aliphatic carbocycles. The molecule has 0 unspecified atom stereocenters. The average Bonchev–Trinajstić information content (AvgIpc) is 2.45. The van der Waals surface area contributed by atoms with Gasteiger partial charge in [-0.3, -0.25) is 14.4 Å². The molecule has 0 heterocycles. The topological polar surface area (TPSA) is 86.7 Å². The summed E-state index contributed by atoms with van der Waals surface area (Å²) in [7, 11) is 1.61. The molecule has 2 amide bonds. The van der Waals surface area contributed by atoms with Gasteiger partial charge in [0.05, 0.1) is 11.3 Å². The fourth-order valence-corrected chi connectivity index (χ4v) is 1.83. The molecule has 0 saturated carbocycles. The molecule has 0 radical (unpaired) electrons. The molecule has 114 valence electrons. The molecular formula is C15H20N2O4. The molecule has 0 bridgehead atoms. The van der Waals surface area contributed by atoms with Crippen LogP contribution >= 0.6 is 0 Å². The van der Waals surface area contributed by atoms with Crippen molar-refractivity contribution in [2.45, 2.75) is 26.2 Å². The van der Waals surface area contributed by atoms with E-state index in [0.717, 1.165) is 0 Å². The molecule has 0 atom stereocenters. The van der Waals surface area contributed by atoms with Gasteiger partial charge in [-0.05, 0) is 25.0 Å². The number of carbonyl (C=O) groups excluding carboxylic acids is 2. The number of carboxylic acid groups (broad SMARTS) is 1. The summed E-state index contributed by atoms with van der Waals surface area (Å²) in [5.74, 6) is -1.26. The Labute approximate surface area is 123 Å². The molecule has 0 aliphatic rings. The smallest absolute Gasteiger partial charge is 0.303 e. The number of carbonyl (C=O) groups is 3. The van der Waals surface area contributed by atoms with Crippen molar-refractivity contribution >= 4 is 23.5 Å². The summed E-state index contributed by atoms with van der Waals surface area (Å²) in [5, 5.41) is 11.3. The lowest BCUT2D eigenvalue weighted by molar-refractivity contribution is -0.137. The maximum Gasteiger partial charge on any atom is 0.303 e. The van der Waals surface area contributed by atoms with Crippen LogP contribution in [0, 0.1) is 0 Å². The first-order valence-corrected chi connectivity index (χ1v) is 6.76. The SMILES string of the molecule is CC(=O)N(C)c1ccccc1C(=O)NCCCCC(=O)O. The van der Waals surface area contributed by atoms with Crippen molar-refractivity contribution in [3.63, 3.8) is 0 Å². The first kappa shape index (κ1) is 16.7. The van der Waals surface area contributed by atoms with E-state index in [4.69, 9.17) is 5.11 Å². The van der Waals surface area contributed by atoms with Crippen LogP contribution in [0.1, 0.15) is 36.5 Å². The second-order valence-corrected chi connectivity index (χ2v) is 4.70. The Morgan fingerprint density at radius 1 is 1.19 bits per heavy atom. The Hall–Kier alpha value is -2.37. The molecule has 0 spiro atoms. The summed E-state index contributed by atoms with van der Waals surface area (Å²) in [6.07, 6.45) is 1.22. The van der Waals surface area contributed by atoms with E-state index < -0.39 is 5.97 Å². The number of nitrogens with one attached hydrogen (secondary N) is 1. The largest absolute Gasteiger partial charge is 0.481 e. The highest BCUT2D eigenvalue weighted by atomic mass is 16.4. The van der Waals surface area contributed by atoms with Gasteiger partial charge < -0.3 is 15.3 Å². The van der Waals surface area contributed by atoms with Gasteiger partial charge in [0.1, 0.15) is 0 Å². The Bertz CT molecular complexity index is 528. The minimum atomic E-state index is -0.838. The fraction of sp³-hybridized carbons (Fsp3) is 0.400. The standard InChI is InChI=1S/C15H20N2O4/c1-11(18)17(2)13-8-4-3-7-12(13)15(21)16-10-6-5-9-14(19)20/h3-4,7-8H,5-6,9-10H2,1-2H3,(H,16,21)(H,19,20). The van der Waals surface area contributed by atoms with Crippen molar-refractivity contribution in [1.82, 2.24) is 5.32 Å². The molecule has 2 N–H and O–H groups in total. The second-order valence-electron chi connectivity index (χ2n) is 4.70. The summed E-state index contributed by atoms with van der Waals surface area (Å²) in [6, 6.07) is 6.86. The third-order valence-corrected chi connectivity index (χ3v) is 3.09. The Balaban J connectivity index is 2.62. The van der Waals surface area contributed by atoms with E-state index in [-0.39, 0.29) is 18.2 Å². The van der Waals surface area contributed by atoms with Gasteiger partial charge in [0, 0.05) is 26.9 Å². The molecule has 1 rings (SSSR count). The van der Waals surface area contributed by atoms with Crippen LogP contribution in [0.2, 0.25) is 0 Å². The van der Waals surface area contributed by atoms with Crippen LogP contribution in [0.5, 0.6) is 0 Å². The number of unbranched alkanes of at least 4 members (excludes halogenated alkanes) is 1. The maximum atomic E-state index is 12.1. The van der Waals surface area contributed by atoms with E-state index >= 15 is 0 Å². The summed E-state index contributed by atoms with van der Waals surface area (Å²) in [4.78, 5) is 35.3. The molecule has 0 fully saturated rings. The number of benzene rings is 1.